The van der Waals surface area contributed by atoms with Crippen LogP contribution in [-0.2, 0) is 11.3 Å². The van der Waals surface area contributed by atoms with E-state index in [9.17, 15) is 4.79 Å². The van der Waals surface area contributed by atoms with Crippen molar-refractivity contribution in [2.75, 3.05) is 26.0 Å². The highest BCUT2D eigenvalue weighted by Crippen LogP contribution is 2.26. The second-order valence-electron chi connectivity index (χ2n) is 6.81. The number of thioether (sulfide) groups is 1. The first-order chi connectivity index (χ1) is 13.1. The van der Waals surface area contributed by atoms with Gasteiger partial charge in [0.05, 0.1) is 12.9 Å². The van der Waals surface area contributed by atoms with Gasteiger partial charge >= 0.3 is 0 Å². The van der Waals surface area contributed by atoms with E-state index in [2.05, 4.69) is 23.7 Å². The highest BCUT2D eigenvalue weighted by Gasteiger charge is 2.22. The van der Waals surface area contributed by atoms with E-state index in [0.29, 0.717) is 18.2 Å². The number of carbonyl (C=O) groups is 1. The van der Waals surface area contributed by atoms with Crippen LogP contribution in [0.25, 0.3) is 11.4 Å². The molecule has 7 heteroatoms. The van der Waals surface area contributed by atoms with Crippen molar-refractivity contribution in [1.29, 1.82) is 0 Å². The molecule has 27 heavy (non-hydrogen) atoms. The number of carbonyl (C=O) groups excluding carboxylic acids is 1. The number of allylic oxidation sites excluding steroid dienone is 1. The van der Waals surface area contributed by atoms with Crippen LogP contribution in [-0.4, -0.2) is 51.5 Å². The molecule has 1 aromatic carbocycles. The van der Waals surface area contributed by atoms with E-state index in [4.69, 9.17) is 4.74 Å². The second-order valence-corrected chi connectivity index (χ2v) is 7.75. The number of amides is 1. The molecule has 0 saturated carbocycles. The average molecular weight is 387 g/mol. The van der Waals surface area contributed by atoms with Gasteiger partial charge in [-0.3, -0.25) is 9.36 Å². The molecule has 1 atom stereocenters. The summed E-state index contributed by atoms with van der Waals surface area (Å²) in [5.74, 6) is 2.69. The Kier molecular flexibility index (Phi) is 6.55. The quantitative estimate of drug-likeness (QED) is 0.538. The summed E-state index contributed by atoms with van der Waals surface area (Å²) in [5, 5.41) is 9.39. The predicted molar refractivity (Wildman–Crippen MR) is 108 cm³/mol. The number of rotatable bonds is 7. The number of hydrogen-bond donors (Lipinski definition) is 0. The van der Waals surface area contributed by atoms with Crippen LogP contribution < -0.4 is 4.74 Å². The normalized spacial score (nSPS) is 17.0. The molecule has 0 N–H and O–H groups in total. The first kappa shape index (κ1) is 19.5. The minimum Gasteiger partial charge on any atom is -0.497 e. The molecule has 0 radical (unpaired) electrons. The van der Waals surface area contributed by atoms with Crippen LogP contribution in [0.4, 0.5) is 0 Å². The van der Waals surface area contributed by atoms with Gasteiger partial charge < -0.3 is 9.64 Å². The maximum Gasteiger partial charge on any atom is 0.233 e. The number of ether oxygens (including phenoxy) is 1. The molecular formula is C20H26N4O2S. The van der Waals surface area contributed by atoms with E-state index < -0.39 is 0 Å². The SMILES string of the molecule is C=CCn1c(SCC(=O)N2CCC[C@H](C)C2)nnc1-c1ccc(OC)cc1. The highest BCUT2D eigenvalue weighted by atomic mass is 32.2. The number of aromatic nitrogens is 3. The molecule has 1 aromatic heterocycles. The zero-order chi connectivity index (χ0) is 19.2. The van der Waals surface area contributed by atoms with Crippen molar-refractivity contribution in [3.63, 3.8) is 0 Å². The predicted octanol–water partition coefficient (Wildman–Crippen LogP) is 3.49. The fourth-order valence-corrected chi connectivity index (χ4v) is 4.13. The number of piperidine rings is 1. The summed E-state index contributed by atoms with van der Waals surface area (Å²) in [6.07, 6.45) is 4.11. The monoisotopic (exact) mass is 386 g/mol. The molecule has 1 aliphatic rings. The van der Waals surface area contributed by atoms with E-state index in [1.54, 1.807) is 7.11 Å². The van der Waals surface area contributed by atoms with Crippen molar-refractivity contribution in [1.82, 2.24) is 19.7 Å². The van der Waals surface area contributed by atoms with Crippen molar-refractivity contribution in [3.05, 3.63) is 36.9 Å². The number of likely N-dealkylation sites (tertiary alicyclic amines) is 1. The Balaban J connectivity index is 1.72. The Hall–Kier alpha value is -2.28. The molecule has 2 heterocycles. The van der Waals surface area contributed by atoms with Crippen molar-refractivity contribution < 1.29 is 9.53 Å². The van der Waals surface area contributed by atoms with Crippen LogP contribution in [0.3, 0.4) is 0 Å². The first-order valence-electron chi connectivity index (χ1n) is 9.21. The highest BCUT2D eigenvalue weighted by molar-refractivity contribution is 7.99. The lowest BCUT2D eigenvalue weighted by Crippen LogP contribution is -2.40. The molecule has 0 aliphatic carbocycles. The largest absolute Gasteiger partial charge is 0.497 e. The van der Waals surface area contributed by atoms with Crippen molar-refractivity contribution in [2.45, 2.75) is 31.5 Å². The van der Waals surface area contributed by atoms with Gasteiger partial charge in [0.15, 0.2) is 11.0 Å². The molecule has 1 fully saturated rings. The van der Waals surface area contributed by atoms with Crippen LogP contribution in [0.15, 0.2) is 42.1 Å². The average Bonchev–Trinajstić information content (AvgIpc) is 3.09. The molecule has 144 valence electrons. The maximum atomic E-state index is 12.5. The number of hydrogen-bond acceptors (Lipinski definition) is 5. The summed E-state index contributed by atoms with van der Waals surface area (Å²) in [6, 6.07) is 7.71. The lowest BCUT2D eigenvalue weighted by atomic mass is 10.0. The fourth-order valence-electron chi connectivity index (χ4n) is 3.28. The second kappa shape index (κ2) is 9.08. The van der Waals surface area contributed by atoms with E-state index in [-0.39, 0.29) is 5.91 Å². The molecule has 1 aliphatic heterocycles. The molecule has 0 spiro atoms. The lowest BCUT2D eigenvalue weighted by molar-refractivity contribution is -0.130. The lowest BCUT2D eigenvalue weighted by Gasteiger charge is -2.30. The molecular weight excluding hydrogens is 360 g/mol. The van der Waals surface area contributed by atoms with Crippen LogP contribution in [0.1, 0.15) is 19.8 Å². The number of benzene rings is 1. The van der Waals surface area contributed by atoms with Gasteiger partial charge in [0.2, 0.25) is 5.91 Å². The molecule has 6 nitrogen and oxygen atoms in total. The van der Waals surface area contributed by atoms with Crippen LogP contribution >= 0.6 is 11.8 Å². The summed E-state index contributed by atoms with van der Waals surface area (Å²) in [4.78, 5) is 14.5. The molecule has 0 bridgehead atoms. The topological polar surface area (TPSA) is 60.2 Å². The van der Waals surface area contributed by atoms with Crippen LogP contribution in [0, 0.1) is 5.92 Å². The smallest absolute Gasteiger partial charge is 0.233 e. The minimum absolute atomic E-state index is 0.172. The van der Waals surface area contributed by atoms with Crippen molar-refractivity contribution >= 4 is 17.7 Å². The van der Waals surface area contributed by atoms with Crippen molar-refractivity contribution in [2.24, 2.45) is 5.92 Å². The van der Waals surface area contributed by atoms with Gasteiger partial charge in [-0.05, 0) is 43.0 Å². The van der Waals surface area contributed by atoms with Gasteiger partial charge in [-0.15, -0.1) is 16.8 Å². The molecule has 3 rings (SSSR count). The molecule has 1 saturated heterocycles. The third-order valence-corrected chi connectivity index (χ3v) is 5.66. The zero-order valence-electron chi connectivity index (χ0n) is 15.9. The Morgan fingerprint density at radius 1 is 1.37 bits per heavy atom. The summed E-state index contributed by atoms with van der Waals surface area (Å²) in [6.45, 7) is 8.35. The van der Waals surface area contributed by atoms with Crippen LogP contribution in [0.2, 0.25) is 0 Å². The molecule has 1 amide bonds. The van der Waals surface area contributed by atoms with Crippen LogP contribution in [0.5, 0.6) is 5.75 Å². The Morgan fingerprint density at radius 3 is 2.81 bits per heavy atom. The van der Waals surface area contributed by atoms with Gasteiger partial charge in [0.1, 0.15) is 5.75 Å². The minimum atomic E-state index is 0.172. The standard InChI is InChI=1S/C20H26N4O2S/c1-4-11-24-19(16-7-9-17(26-3)10-8-16)21-22-20(24)27-14-18(25)23-12-5-6-15(2)13-23/h4,7-10,15H,1,5-6,11-14H2,2-3H3/t15-/m0/s1. The van der Waals surface area contributed by atoms with Gasteiger partial charge in [-0.25, -0.2) is 0 Å². The third kappa shape index (κ3) is 4.71. The van der Waals surface area contributed by atoms with E-state index in [0.717, 1.165) is 41.8 Å². The number of methoxy groups -OCH3 is 1. The Bertz CT molecular complexity index is 788. The van der Waals surface area contributed by atoms with Gasteiger partial charge in [0, 0.05) is 25.2 Å². The summed E-state index contributed by atoms with van der Waals surface area (Å²) in [7, 11) is 1.64. The third-order valence-electron chi connectivity index (χ3n) is 4.71. The van der Waals surface area contributed by atoms with E-state index in [1.165, 1.54) is 18.2 Å². The molecule has 0 unspecified atom stereocenters. The zero-order valence-corrected chi connectivity index (χ0v) is 16.7. The van der Waals surface area contributed by atoms with Gasteiger partial charge in [0.25, 0.3) is 0 Å². The maximum absolute atomic E-state index is 12.5. The van der Waals surface area contributed by atoms with E-state index in [1.807, 2.05) is 39.8 Å². The van der Waals surface area contributed by atoms with E-state index >= 15 is 0 Å². The summed E-state index contributed by atoms with van der Waals surface area (Å²) in [5.41, 5.74) is 0.952. The first-order valence-corrected chi connectivity index (χ1v) is 10.2. The summed E-state index contributed by atoms with van der Waals surface area (Å²) < 4.78 is 7.20. The molecule has 2 aromatic rings. The van der Waals surface area contributed by atoms with Gasteiger partial charge in [-0.2, -0.15) is 0 Å². The Morgan fingerprint density at radius 2 is 2.15 bits per heavy atom. The summed E-state index contributed by atoms with van der Waals surface area (Å²) >= 11 is 1.44. The fraction of sp³-hybridized carbons (Fsp3) is 0.450. The van der Waals surface area contributed by atoms with Gasteiger partial charge in [-0.1, -0.05) is 24.8 Å². The van der Waals surface area contributed by atoms with Crippen molar-refractivity contribution in [3.8, 4) is 17.1 Å². The Labute approximate surface area is 164 Å². The number of nitrogens with zero attached hydrogens (tertiary/aromatic N) is 4.